The van der Waals surface area contributed by atoms with Crippen molar-refractivity contribution in [1.29, 1.82) is 0 Å². The van der Waals surface area contributed by atoms with E-state index in [4.69, 9.17) is 14.2 Å². The van der Waals surface area contributed by atoms with Gasteiger partial charge in [-0.25, -0.2) is 0 Å². The normalized spacial score (nSPS) is 10.8. The first kappa shape index (κ1) is 19.4. The SMILES string of the molecule is CCCCOc1ccc(OCCCC)c2c(OCCCC)cccc12. The van der Waals surface area contributed by atoms with Crippen molar-refractivity contribution in [3.63, 3.8) is 0 Å². The molecule has 3 heteroatoms. The maximum Gasteiger partial charge on any atom is 0.131 e. The molecule has 0 spiro atoms. The minimum atomic E-state index is 0.727. The van der Waals surface area contributed by atoms with E-state index in [-0.39, 0.29) is 0 Å². The molecule has 2 aromatic carbocycles. The van der Waals surface area contributed by atoms with E-state index in [0.717, 1.165) is 86.4 Å². The van der Waals surface area contributed by atoms with Crippen molar-refractivity contribution < 1.29 is 14.2 Å². The van der Waals surface area contributed by atoms with Crippen molar-refractivity contribution >= 4 is 10.8 Å². The highest BCUT2D eigenvalue weighted by Gasteiger charge is 2.13. The number of unbranched alkanes of at least 4 members (excludes halogenated alkanes) is 3. The lowest BCUT2D eigenvalue weighted by atomic mass is 10.1. The Morgan fingerprint density at radius 2 is 1.08 bits per heavy atom. The number of benzene rings is 2. The molecule has 0 N–H and O–H groups in total. The van der Waals surface area contributed by atoms with Crippen LogP contribution in [0.15, 0.2) is 30.3 Å². The average Bonchev–Trinajstić information content (AvgIpc) is 2.63. The van der Waals surface area contributed by atoms with Crippen molar-refractivity contribution in [2.24, 2.45) is 0 Å². The van der Waals surface area contributed by atoms with Crippen LogP contribution in [0.5, 0.6) is 17.2 Å². The van der Waals surface area contributed by atoms with Crippen LogP contribution in [0.1, 0.15) is 59.3 Å². The molecule has 0 unspecified atom stereocenters. The maximum atomic E-state index is 6.05. The van der Waals surface area contributed by atoms with Gasteiger partial charge >= 0.3 is 0 Å². The zero-order valence-electron chi connectivity index (χ0n) is 16.0. The van der Waals surface area contributed by atoms with Gasteiger partial charge in [-0.1, -0.05) is 52.2 Å². The van der Waals surface area contributed by atoms with Crippen LogP contribution in [-0.2, 0) is 0 Å². The van der Waals surface area contributed by atoms with Gasteiger partial charge in [-0.2, -0.15) is 0 Å². The van der Waals surface area contributed by atoms with E-state index in [1.165, 1.54) is 0 Å². The summed E-state index contributed by atoms with van der Waals surface area (Å²) in [6.07, 6.45) is 6.53. The largest absolute Gasteiger partial charge is 0.493 e. The molecule has 0 heterocycles. The zero-order chi connectivity index (χ0) is 17.9. The summed E-state index contributed by atoms with van der Waals surface area (Å²) < 4.78 is 18.1. The lowest BCUT2D eigenvalue weighted by Crippen LogP contribution is -2.02. The van der Waals surface area contributed by atoms with Crippen LogP contribution in [0, 0.1) is 0 Å². The number of fused-ring (bicyclic) bond motifs is 1. The molecule has 0 aliphatic rings. The third-order valence-corrected chi connectivity index (χ3v) is 4.19. The second kappa shape index (κ2) is 10.9. The van der Waals surface area contributed by atoms with Crippen molar-refractivity contribution in [2.45, 2.75) is 59.3 Å². The third kappa shape index (κ3) is 5.55. The first-order chi connectivity index (χ1) is 12.3. The van der Waals surface area contributed by atoms with Gasteiger partial charge in [0.25, 0.3) is 0 Å². The molecular weight excluding hydrogens is 312 g/mol. The van der Waals surface area contributed by atoms with E-state index in [0.29, 0.717) is 0 Å². The molecular formula is C22H32O3. The van der Waals surface area contributed by atoms with Gasteiger partial charge in [0.15, 0.2) is 0 Å². The van der Waals surface area contributed by atoms with E-state index >= 15 is 0 Å². The van der Waals surface area contributed by atoms with Crippen LogP contribution >= 0.6 is 0 Å². The summed E-state index contributed by atoms with van der Waals surface area (Å²) in [6, 6.07) is 10.2. The van der Waals surface area contributed by atoms with Crippen molar-refractivity contribution in [1.82, 2.24) is 0 Å². The van der Waals surface area contributed by atoms with Gasteiger partial charge in [0.05, 0.1) is 25.2 Å². The van der Waals surface area contributed by atoms with E-state index < -0.39 is 0 Å². The number of ether oxygens (including phenoxy) is 3. The average molecular weight is 344 g/mol. The Morgan fingerprint density at radius 1 is 0.600 bits per heavy atom. The topological polar surface area (TPSA) is 27.7 Å². The molecule has 0 saturated heterocycles. The molecule has 25 heavy (non-hydrogen) atoms. The predicted octanol–water partition coefficient (Wildman–Crippen LogP) is 6.38. The quantitative estimate of drug-likeness (QED) is 0.418. The first-order valence-electron chi connectivity index (χ1n) is 9.75. The summed E-state index contributed by atoms with van der Waals surface area (Å²) in [4.78, 5) is 0. The van der Waals surface area contributed by atoms with E-state index in [9.17, 15) is 0 Å². The van der Waals surface area contributed by atoms with E-state index in [1.807, 2.05) is 24.3 Å². The van der Waals surface area contributed by atoms with Crippen LogP contribution in [-0.4, -0.2) is 19.8 Å². The van der Waals surface area contributed by atoms with Gasteiger partial charge in [-0.3, -0.25) is 0 Å². The van der Waals surface area contributed by atoms with Crippen LogP contribution < -0.4 is 14.2 Å². The van der Waals surface area contributed by atoms with Gasteiger partial charge in [0.2, 0.25) is 0 Å². The second-order valence-electron chi connectivity index (χ2n) is 6.35. The molecule has 0 aliphatic heterocycles. The monoisotopic (exact) mass is 344 g/mol. The lowest BCUT2D eigenvalue weighted by Gasteiger charge is -2.16. The molecule has 0 bridgehead atoms. The summed E-state index contributed by atoms with van der Waals surface area (Å²) in [6.45, 7) is 8.71. The Labute approximate surface area is 152 Å². The summed E-state index contributed by atoms with van der Waals surface area (Å²) in [5, 5.41) is 2.10. The standard InChI is InChI=1S/C22H32O3/c1-4-7-15-23-19-13-14-21(25-17-9-6-3)22-18(19)11-10-12-20(22)24-16-8-5-2/h10-14H,4-9,15-17H2,1-3H3. The molecule has 0 amide bonds. The second-order valence-corrected chi connectivity index (χ2v) is 6.35. The minimum absolute atomic E-state index is 0.727. The minimum Gasteiger partial charge on any atom is -0.493 e. The van der Waals surface area contributed by atoms with Crippen molar-refractivity contribution in [3.05, 3.63) is 30.3 Å². The number of hydrogen-bond donors (Lipinski definition) is 0. The van der Waals surface area contributed by atoms with Gasteiger partial charge < -0.3 is 14.2 Å². The Hall–Kier alpha value is -1.90. The first-order valence-corrected chi connectivity index (χ1v) is 9.75. The van der Waals surface area contributed by atoms with Crippen LogP contribution in [0.25, 0.3) is 10.8 Å². The smallest absolute Gasteiger partial charge is 0.131 e. The fourth-order valence-electron chi connectivity index (χ4n) is 2.66. The predicted molar refractivity (Wildman–Crippen MR) is 105 cm³/mol. The van der Waals surface area contributed by atoms with Gasteiger partial charge in [0.1, 0.15) is 17.2 Å². The fraction of sp³-hybridized carbons (Fsp3) is 0.545. The summed E-state index contributed by atoms with van der Waals surface area (Å²) in [5.41, 5.74) is 0. The Morgan fingerprint density at radius 3 is 1.64 bits per heavy atom. The summed E-state index contributed by atoms with van der Waals surface area (Å²) >= 11 is 0. The van der Waals surface area contributed by atoms with Crippen LogP contribution in [0.3, 0.4) is 0 Å². The molecule has 2 rings (SSSR count). The molecule has 2 aromatic rings. The van der Waals surface area contributed by atoms with Gasteiger partial charge in [-0.05, 0) is 37.5 Å². The third-order valence-electron chi connectivity index (χ3n) is 4.19. The lowest BCUT2D eigenvalue weighted by molar-refractivity contribution is 0.298. The Kier molecular flexibility index (Phi) is 8.44. The molecule has 0 atom stereocenters. The highest BCUT2D eigenvalue weighted by Crippen LogP contribution is 2.39. The number of hydrogen-bond acceptors (Lipinski definition) is 3. The van der Waals surface area contributed by atoms with E-state index in [1.54, 1.807) is 0 Å². The van der Waals surface area contributed by atoms with Crippen molar-refractivity contribution in [3.8, 4) is 17.2 Å². The van der Waals surface area contributed by atoms with Gasteiger partial charge in [0, 0.05) is 5.39 Å². The molecule has 3 nitrogen and oxygen atoms in total. The molecule has 0 saturated carbocycles. The molecule has 0 fully saturated rings. The van der Waals surface area contributed by atoms with Crippen molar-refractivity contribution in [2.75, 3.05) is 19.8 Å². The molecule has 138 valence electrons. The van der Waals surface area contributed by atoms with Crippen LogP contribution in [0.2, 0.25) is 0 Å². The highest BCUT2D eigenvalue weighted by atomic mass is 16.5. The summed E-state index contributed by atoms with van der Waals surface area (Å²) in [5.74, 6) is 2.68. The Bertz CT molecular complexity index is 620. The molecule has 0 aromatic heterocycles. The van der Waals surface area contributed by atoms with Crippen LogP contribution in [0.4, 0.5) is 0 Å². The zero-order valence-corrected chi connectivity index (χ0v) is 16.0. The number of rotatable bonds is 12. The van der Waals surface area contributed by atoms with Gasteiger partial charge in [-0.15, -0.1) is 0 Å². The molecule has 0 radical (unpaired) electrons. The highest BCUT2D eigenvalue weighted by molar-refractivity contribution is 5.98. The Balaban J connectivity index is 2.35. The molecule has 0 aliphatic carbocycles. The maximum absolute atomic E-state index is 6.05. The van der Waals surface area contributed by atoms with E-state index in [2.05, 4.69) is 26.8 Å². The summed E-state index contributed by atoms with van der Waals surface area (Å²) in [7, 11) is 0. The fourth-order valence-corrected chi connectivity index (χ4v) is 2.66.